The SMILES string of the molecule is Nc1ncc(Oc2ccc(Cl)cc2)c(N[C@@H]2CCC[C@H]2CCO)n1.Nc1ncc(Oc2ccc(Cl)cc2)c(N[C@H]2CC[C@H](CCO)C2)n1. The lowest BCUT2D eigenvalue weighted by Gasteiger charge is -2.22. The third-order valence-electron chi connectivity index (χ3n) is 8.53. The highest BCUT2D eigenvalue weighted by Crippen LogP contribution is 2.36. The van der Waals surface area contributed by atoms with E-state index in [0.717, 1.165) is 51.4 Å². The minimum atomic E-state index is 0.192. The van der Waals surface area contributed by atoms with Crippen LogP contribution in [0, 0.1) is 11.8 Å². The first kappa shape index (κ1) is 35.2. The summed E-state index contributed by atoms with van der Waals surface area (Å²) < 4.78 is 11.7. The third kappa shape index (κ3) is 10.2. The molecular formula is C34H42Cl2N8O4. The predicted octanol–water partition coefficient (Wildman–Crippen LogP) is 6.94. The quantitative estimate of drug-likeness (QED) is 0.0897. The molecule has 0 saturated heterocycles. The number of benzene rings is 2. The molecule has 0 amide bonds. The molecule has 2 aliphatic carbocycles. The van der Waals surface area contributed by atoms with Gasteiger partial charge in [-0.15, -0.1) is 0 Å². The Morgan fingerprint density at radius 1 is 0.708 bits per heavy atom. The van der Waals surface area contributed by atoms with Gasteiger partial charge in [0, 0.05) is 35.3 Å². The van der Waals surface area contributed by atoms with E-state index < -0.39 is 0 Å². The summed E-state index contributed by atoms with van der Waals surface area (Å²) in [6.07, 6.45) is 11.2. The van der Waals surface area contributed by atoms with Crippen molar-refractivity contribution in [3.05, 3.63) is 71.0 Å². The average molecular weight is 698 g/mol. The van der Waals surface area contributed by atoms with Gasteiger partial charge in [0.1, 0.15) is 11.5 Å². The summed E-state index contributed by atoms with van der Waals surface area (Å²) in [4.78, 5) is 16.6. The molecule has 0 spiro atoms. The van der Waals surface area contributed by atoms with Crippen molar-refractivity contribution in [1.82, 2.24) is 19.9 Å². The Balaban J connectivity index is 0.000000188. The molecule has 2 fully saturated rings. The summed E-state index contributed by atoms with van der Waals surface area (Å²) in [7, 11) is 0. The lowest BCUT2D eigenvalue weighted by molar-refractivity contribution is 0.254. The second kappa shape index (κ2) is 17.3. The largest absolute Gasteiger partial charge is 0.452 e. The number of nitrogen functional groups attached to an aromatic ring is 2. The molecule has 8 N–H and O–H groups in total. The standard InChI is InChI=1S/2C17H21ClN4O2/c18-12-2-5-14(6-3-12)24-15-10-20-17(19)22-16(15)21-13-4-1-11(9-13)7-8-23;18-12-4-6-13(7-5-12)24-15-10-20-17(19)22-16(15)21-14-3-1-2-11(14)8-9-23/h2-3,5-6,10-11,13,23H,1,4,7-9H2,(H3,19,20,21,22);4-7,10-11,14,23H,1-3,8-9H2,(H3,19,20,21,22)/t11-,13+;11-,14+/m10/s1. The third-order valence-corrected chi connectivity index (χ3v) is 9.03. The van der Waals surface area contributed by atoms with Crippen LogP contribution in [0.25, 0.3) is 0 Å². The van der Waals surface area contributed by atoms with Crippen LogP contribution in [-0.4, -0.2) is 55.4 Å². The van der Waals surface area contributed by atoms with Crippen LogP contribution in [0.1, 0.15) is 51.4 Å². The zero-order valence-corrected chi connectivity index (χ0v) is 28.1. The van der Waals surface area contributed by atoms with Crippen LogP contribution in [-0.2, 0) is 0 Å². The first-order valence-electron chi connectivity index (χ1n) is 16.2. The molecule has 4 atom stereocenters. The van der Waals surface area contributed by atoms with Gasteiger partial charge in [-0.3, -0.25) is 0 Å². The summed E-state index contributed by atoms with van der Waals surface area (Å²) >= 11 is 11.8. The fourth-order valence-corrected chi connectivity index (χ4v) is 6.39. The van der Waals surface area contributed by atoms with Crippen molar-refractivity contribution in [2.75, 3.05) is 35.3 Å². The number of nitrogens with one attached hydrogen (secondary N) is 2. The molecule has 48 heavy (non-hydrogen) atoms. The zero-order chi connectivity index (χ0) is 33.9. The van der Waals surface area contributed by atoms with Crippen LogP contribution in [0.4, 0.5) is 23.5 Å². The molecule has 12 nitrogen and oxygen atoms in total. The summed E-state index contributed by atoms with van der Waals surface area (Å²) in [6.45, 7) is 0.436. The van der Waals surface area contributed by atoms with E-state index >= 15 is 0 Å². The van der Waals surface area contributed by atoms with Gasteiger partial charge in [0.25, 0.3) is 0 Å². The van der Waals surface area contributed by atoms with Crippen LogP contribution in [0.2, 0.25) is 10.0 Å². The van der Waals surface area contributed by atoms with Gasteiger partial charge >= 0.3 is 0 Å². The molecule has 0 unspecified atom stereocenters. The Morgan fingerprint density at radius 3 is 1.79 bits per heavy atom. The van der Waals surface area contributed by atoms with E-state index in [1.807, 2.05) is 0 Å². The lowest BCUT2D eigenvalue weighted by Crippen LogP contribution is -2.25. The van der Waals surface area contributed by atoms with Gasteiger partial charge in [0.2, 0.25) is 11.9 Å². The fraction of sp³-hybridized carbons (Fsp3) is 0.412. The van der Waals surface area contributed by atoms with Crippen molar-refractivity contribution in [2.45, 2.75) is 63.5 Å². The van der Waals surface area contributed by atoms with Gasteiger partial charge in [-0.05, 0) is 105 Å². The zero-order valence-electron chi connectivity index (χ0n) is 26.6. The van der Waals surface area contributed by atoms with Crippen molar-refractivity contribution < 1.29 is 19.7 Å². The minimum absolute atomic E-state index is 0.192. The monoisotopic (exact) mass is 696 g/mol. The lowest BCUT2D eigenvalue weighted by atomic mass is 10.00. The smallest absolute Gasteiger partial charge is 0.222 e. The molecule has 4 aromatic rings. The van der Waals surface area contributed by atoms with E-state index in [2.05, 4.69) is 30.6 Å². The molecule has 2 aromatic heterocycles. The number of nitrogens with zero attached hydrogens (tertiary/aromatic N) is 4. The maximum Gasteiger partial charge on any atom is 0.222 e. The Hall–Kier alpha value is -4.10. The van der Waals surface area contributed by atoms with Gasteiger partial charge in [0.15, 0.2) is 23.1 Å². The summed E-state index contributed by atoms with van der Waals surface area (Å²) in [5.74, 6) is 4.87. The molecule has 2 aliphatic rings. The number of aliphatic hydroxyl groups is 2. The maximum atomic E-state index is 9.22. The van der Waals surface area contributed by atoms with Crippen LogP contribution >= 0.6 is 23.2 Å². The van der Waals surface area contributed by atoms with Crippen molar-refractivity contribution in [3.63, 3.8) is 0 Å². The second-order valence-corrected chi connectivity index (χ2v) is 12.9. The first-order chi connectivity index (χ1) is 23.3. The molecule has 0 radical (unpaired) electrons. The van der Waals surface area contributed by atoms with E-state index in [-0.39, 0.29) is 31.2 Å². The number of hydrogen-bond acceptors (Lipinski definition) is 12. The highest BCUT2D eigenvalue weighted by atomic mass is 35.5. The molecule has 0 aliphatic heterocycles. The summed E-state index contributed by atoms with van der Waals surface area (Å²) in [5, 5.41) is 26.4. The molecule has 14 heteroatoms. The Bertz CT molecular complexity index is 1600. The molecule has 2 saturated carbocycles. The van der Waals surface area contributed by atoms with Crippen molar-refractivity contribution in [3.8, 4) is 23.0 Å². The molecule has 0 bridgehead atoms. The van der Waals surface area contributed by atoms with E-state index in [4.69, 9.17) is 49.2 Å². The molecular weight excluding hydrogens is 655 g/mol. The number of hydrogen-bond donors (Lipinski definition) is 6. The maximum absolute atomic E-state index is 9.22. The van der Waals surface area contributed by atoms with E-state index in [1.165, 1.54) is 0 Å². The van der Waals surface area contributed by atoms with Crippen LogP contribution in [0.3, 0.4) is 0 Å². The molecule has 256 valence electrons. The number of aromatic nitrogens is 4. The van der Waals surface area contributed by atoms with E-state index in [0.29, 0.717) is 62.6 Å². The molecule has 6 rings (SSSR count). The second-order valence-electron chi connectivity index (χ2n) is 12.0. The fourth-order valence-electron chi connectivity index (χ4n) is 6.14. The van der Waals surface area contributed by atoms with Crippen LogP contribution < -0.4 is 31.6 Å². The number of anilines is 4. The normalized spacial score (nSPS) is 20.1. The topological polar surface area (TPSA) is 187 Å². The Labute approximate surface area is 290 Å². The predicted molar refractivity (Wildman–Crippen MR) is 189 cm³/mol. The van der Waals surface area contributed by atoms with Gasteiger partial charge in [-0.25, -0.2) is 9.97 Å². The van der Waals surface area contributed by atoms with Gasteiger partial charge in [0.05, 0.1) is 12.4 Å². The molecule has 2 heterocycles. The van der Waals surface area contributed by atoms with E-state index in [9.17, 15) is 5.11 Å². The highest BCUT2D eigenvalue weighted by molar-refractivity contribution is 6.30. The minimum Gasteiger partial charge on any atom is -0.452 e. The number of halogens is 2. The van der Waals surface area contributed by atoms with Crippen LogP contribution in [0.5, 0.6) is 23.0 Å². The van der Waals surface area contributed by atoms with Crippen molar-refractivity contribution in [1.29, 1.82) is 0 Å². The first-order valence-corrected chi connectivity index (χ1v) is 16.9. The highest BCUT2D eigenvalue weighted by Gasteiger charge is 2.28. The van der Waals surface area contributed by atoms with E-state index in [1.54, 1.807) is 60.9 Å². The number of rotatable bonds is 12. The summed E-state index contributed by atoms with van der Waals surface area (Å²) in [6, 6.07) is 14.7. The van der Waals surface area contributed by atoms with Crippen LogP contribution in [0.15, 0.2) is 60.9 Å². The molecule has 2 aromatic carbocycles. The number of ether oxygens (including phenoxy) is 2. The van der Waals surface area contributed by atoms with Gasteiger partial charge < -0.3 is 41.8 Å². The number of aliphatic hydroxyl groups excluding tert-OH is 2. The van der Waals surface area contributed by atoms with Crippen molar-refractivity contribution in [2.24, 2.45) is 11.8 Å². The number of nitrogens with two attached hydrogens (primary N) is 2. The van der Waals surface area contributed by atoms with Gasteiger partial charge in [-0.2, -0.15) is 9.97 Å². The average Bonchev–Trinajstić information content (AvgIpc) is 3.71. The van der Waals surface area contributed by atoms with Crippen molar-refractivity contribution >= 4 is 46.7 Å². The van der Waals surface area contributed by atoms with Gasteiger partial charge in [-0.1, -0.05) is 29.6 Å². The summed E-state index contributed by atoms with van der Waals surface area (Å²) in [5.41, 5.74) is 11.5. The Kier molecular flexibility index (Phi) is 12.7. The Morgan fingerprint density at radius 2 is 1.25 bits per heavy atom.